The third-order valence-electron chi connectivity index (χ3n) is 5.01. The van der Waals surface area contributed by atoms with Crippen LogP contribution in [0.4, 0.5) is 0 Å². The summed E-state index contributed by atoms with van der Waals surface area (Å²) in [6.45, 7) is 1.93. The summed E-state index contributed by atoms with van der Waals surface area (Å²) in [6, 6.07) is 4.98. The number of fused-ring (bicyclic) bond motifs is 1. The molecule has 0 radical (unpaired) electrons. The molecule has 1 saturated heterocycles. The van der Waals surface area contributed by atoms with Crippen molar-refractivity contribution in [2.75, 3.05) is 27.3 Å². The van der Waals surface area contributed by atoms with Gasteiger partial charge in [0.15, 0.2) is 11.5 Å². The highest BCUT2D eigenvalue weighted by Gasteiger charge is 2.39. The van der Waals surface area contributed by atoms with Gasteiger partial charge in [-0.1, -0.05) is 6.07 Å². The minimum Gasteiger partial charge on any atom is -0.493 e. The zero-order valence-corrected chi connectivity index (χ0v) is 14.8. The van der Waals surface area contributed by atoms with Crippen molar-refractivity contribution in [1.82, 2.24) is 10.6 Å². The van der Waals surface area contributed by atoms with E-state index in [9.17, 15) is 9.90 Å². The Morgan fingerprint density at radius 2 is 1.92 bits per heavy atom. The van der Waals surface area contributed by atoms with E-state index in [-0.39, 0.29) is 24.4 Å². The number of carbonyl (C=O) groups excluding carboxylic acids is 1. The standard InChI is InChI=1S/C17H24N2O4.ClH/c1-22-15-5-3-4-12(16(15)23-2)17(21)19-13-6-10-8-18-9-11(10)7-14(13)20;/h3-5,10-11,13-14,18,20H,6-9H2,1-2H3,(H,19,21);1H/t10-,11+,13-,14-;/m0./s1. The van der Waals surface area contributed by atoms with Gasteiger partial charge in [-0.2, -0.15) is 0 Å². The molecule has 1 aliphatic carbocycles. The normalized spacial score (nSPS) is 28.5. The summed E-state index contributed by atoms with van der Waals surface area (Å²) < 4.78 is 10.5. The molecule has 134 valence electrons. The van der Waals surface area contributed by atoms with Gasteiger partial charge in [0.05, 0.1) is 31.9 Å². The van der Waals surface area contributed by atoms with E-state index >= 15 is 0 Å². The van der Waals surface area contributed by atoms with Gasteiger partial charge in [0.2, 0.25) is 0 Å². The number of benzene rings is 1. The lowest BCUT2D eigenvalue weighted by atomic mass is 9.77. The first kappa shape index (κ1) is 18.8. The van der Waals surface area contributed by atoms with Crippen LogP contribution in [0.5, 0.6) is 11.5 Å². The zero-order valence-electron chi connectivity index (χ0n) is 14.0. The third kappa shape index (κ3) is 3.61. The summed E-state index contributed by atoms with van der Waals surface area (Å²) in [5, 5.41) is 16.7. The van der Waals surface area contributed by atoms with Crippen LogP contribution in [0.15, 0.2) is 18.2 Å². The molecule has 1 aromatic rings. The summed E-state index contributed by atoms with van der Waals surface area (Å²) in [7, 11) is 3.05. The molecule has 2 aliphatic rings. The predicted octanol–water partition coefficient (Wildman–Crippen LogP) is 1.21. The monoisotopic (exact) mass is 356 g/mol. The van der Waals surface area contributed by atoms with E-state index < -0.39 is 6.10 Å². The van der Waals surface area contributed by atoms with Crippen LogP contribution in [0.3, 0.4) is 0 Å². The maximum Gasteiger partial charge on any atom is 0.255 e. The summed E-state index contributed by atoms with van der Waals surface area (Å²) in [5.74, 6) is 1.73. The van der Waals surface area contributed by atoms with Crippen LogP contribution in [-0.2, 0) is 0 Å². The minimum atomic E-state index is -0.503. The fourth-order valence-electron chi connectivity index (χ4n) is 3.76. The highest BCUT2D eigenvalue weighted by molar-refractivity contribution is 5.98. The number of aliphatic hydroxyl groups is 1. The quantitative estimate of drug-likeness (QED) is 0.755. The van der Waals surface area contributed by atoms with Gasteiger partial charge in [-0.05, 0) is 49.9 Å². The molecular weight excluding hydrogens is 332 g/mol. The molecule has 0 spiro atoms. The summed E-state index contributed by atoms with van der Waals surface area (Å²) >= 11 is 0. The van der Waals surface area contributed by atoms with Gasteiger partial charge < -0.3 is 25.2 Å². The Hall–Kier alpha value is -1.50. The largest absolute Gasteiger partial charge is 0.493 e. The number of methoxy groups -OCH3 is 2. The van der Waals surface area contributed by atoms with Crippen molar-refractivity contribution in [3.05, 3.63) is 23.8 Å². The average molecular weight is 357 g/mol. The van der Waals surface area contributed by atoms with Crippen molar-refractivity contribution < 1.29 is 19.4 Å². The molecule has 4 atom stereocenters. The van der Waals surface area contributed by atoms with Crippen LogP contribution in [0.2, 0.25) is 0 Å². The van der Waals surface area contributed by atoms with Crippen molar-refractivity contribution >= 4 is 18.3 Å². The van der Waals surface area contributed by atoms with E-state index in [1.54, 1.807) is 18.2 Å². The summed E-state index contributed by atoms with van der Waals surface area (Å²) in [5.41, 5.74) is 0.422. The van der Waals surface area contributed by atoms with Crippen molar-refractivity contribution in [3.63, 3.8) is 0 Å². The molecule has 24 heavy (non-hydrogen) atoms. The van der Waals surface area contributed by atoms with Gasteiger partial charge in [0.1, 0.15) is 0 Å². The fourth-order valence-corrected chi connectivity index (χ4v) is 3.76. The molecule has 1 amide bonds. The second-order valence-electron chi connectivity index (χ2n) is 6.34. The van der Waals surface area contributed by atoms with E-state index in [0.29, 0.717) is 28.9 Å². The number of hydrogen-bond acceptors (Lipinski definition) is 5. The number of amides is 1. The minimum absolute atomic E-state index is 0. The van der Waals surface area contributed by atoms with Crippen LogP contribution in [-0.4, -0.2) is 50.5 Å². The molecule has 7 heteroatoms. The van der Waals surface area contributed by atoms with Crippen LogP contribution < -0.4 is 20.1 Å². The maximum absolute atomic E-state index is 12.6. The van der Waals surface area contributed by atoms with Gasteiger partial charge in [-0.3, -0.25) is 4.79 Å². The Bertz CT molecular complexity index is 584. The number of hydrogen-bond donors (Lipinski definition) is 3. The molecule has 6 nitrogen and oxygen atoms in total. The number of halogens is 1. The van der Waals surface area contributed by atoms with E-state index in [1.165, 1.54) is 14.2 Å². The summed E-state index contributed by atoms with van der Waals surface area (Å²) in [4.78, 5) is 12.6. The molecule has 1 heterocycles. The molecule has 2 fully saturated rings. The zero-order chi connectivity index (χ0) is 16.4. The highest BCUT2D eigenvalue weighted by atomic mass is 35.5. The smallest absolute Gasteiger partial charge is 0.255 e. The number of ether oxygens (including phenoxy) is 2. The van der Waals surface area contributed by atoms with E-state index in [1.807, 2.05) is 0 Å². The molecule has 0 bridgehead atoms. The van der Waals surface area contributed by atoms with Crippen molar-refractivity contribution in [3.8, 4) is 11.5 Å². The number of para-hydroxylation sites is 1. The number of nitrogens with one attached hydrogen (secondary N) is 2. The third-order valence-corrected chi connectivity index (χ3v) is 5.01. The van der Waals surface area contributed by atoms with Crippen LogP contribution in [0.25, 0.3) is 0 Å². The van der Waals surface area contributed by atoms with Gasteiger partial charge in [-0.25, -0.2) is 0 Å². The van der Waals surface area contributed by atoms with E-state index in [4.69, 9.17) is 9.47 Å². The Kier molecular flexibility index (Phi) is 6.32. The molecule has 3 rings (SSSR count). The number of carbonyl (C=O) groups is 1. The van der Waals surface area contributed by atoms with Crippen LogP contribution in [0, 0.1) is 11.8 Å². The molecule has 0 unspecified atom stereocenters. The first-order valence-corrected chi connectivity index (χ1v) is 8.04. The highest BCUT2D eigenvalue weighted by Crippen LogP contribution is 2.34. The second kappa shape index (κ2) is 8.05. The van der Waals surface area contributed by atoms with Gasteiger partial charge in [0.25, 0.3) is 5.91 Å². The average Bonchev–Trinajstić information content (AvgIpc) is 3.01. The Morgan fingerprint density at radius 3 is 2.58 bits per heavy atom. The number of rotatable bonds is 4. The molecule has 3 N–H and O–H groups in total. The lowest BCUT2D eigenvalue weighted by molar-refractivity contribution is 0.0461. The maximum atomic E-state index is 12.6. The van der Waals surface area contributed by atoms with Gasteiger partial charge in [0, 0.05) is 0 Å². The SMILES string of the molecule is COc1cccc(C(=O)N[C@H]2C[C@H]3CNC[C@H]3C[C@@H]2O)c1OC.Cl. The van der Waals surface area contributed by atoms with Crippen LogP contribution >= 0.6 is 12.4 Å². The Balaban J connectivity index is 0.00000208. The Labute approximate surface area is 148 Å². The Morgan fingerprint density at radius 1 is 1.21 bits per heavy atom. The van der Waals surface area contributed by atoms with Crippen molar-refractivity contribution in [2.24, 2.45) is 11.8 Å². The molecule has 1 saturated carbocycles. The van der Waals surface area contributed by atoms with Crippen LogP contribution in [0.1, 0.15) is 23.2 Å². The molecule has 1 aromatic carbocycles. The fraction of sp³-hybridized carbons (Fsp3) is 0.588. The lowest BCUT2D eigenvalue weighted by Gasteiger charge is -2.35. The number of aliphatic hydroxyl groups excluding tert-OH is 1. The molecular formula is C17H25ClN2O4. The summed E-state index contributed by atoms with van der Waals surface area (Å²) in [6.07, 6.45) is 1.03. The predicted molar refractivity (Wildman–Crippen MR) is 93.1 cm³/mol. The molecule has 0 aromatic heterocycles. The first-order valence-electron chi connectivity index (χ1n) is 8.04. The van der Waals surface area contributed by atoms with Crippen molar-refractivity contribution in [2.45, 2.75) is 25.0 Å². The first-order chi connectivity index (χ1) is 11.1. The van der Waals surface area contributed by atoms with E-state index in [0.717, 1.165) is 25.9 Å². The van der Waals surface area contributed by atoms with Gasteiger partial charge >= 0.3 is 0 Å². The van der Waals surface area contributed by atoms with E-state index in [2.05, 4.69) is 10.6 Å². The second-order valence-corrected chi connectivity index (χ2v) is 6.34. The van der Waals surface area contributed by atoms with Crippen molar-refractivity contribution in [1.29, 1.82) is 0 Å². The van der Waals surface area contributed by atoms with Gasteiger partial charge in [-0.15, -0.1) is 12.4 Å². The topological polar surface area (TPSA) is 79.8 Å². The molecule has 1 aliphatic heterocycles. The lowest BCUT2D eigenvalue weighted by Crippen LogP contribution is -2.49.